The molecule has 0 unspecified atom stereocenters. The van der Waals surface area contributed by atoms with Crippen LogP contribution in [0.2, 0.25) is 0 Å². The van der Waals surface area contributed by atoms with Gasteiger partial charge in [0.05, 0.1) is 12.3 Å². The Hall–Kier alpha value is -0.240. The van der Waals surface area contributed by atoms with E-state index < -0.39 is 3.79 Å². The van der Waals surface area contributed by atoms with Crippen LogP contribution in [0.15, 0.2) is 35.3 Å². The molecule has 0 aliphatic carbocycles. The third-order valence-corrected chi connectivity index (χ3v) is 2.14. The van der Waals surface area contributed by atoms with Gasteiger partial charge in [0.1, 0.15) is 0 Å². The topological polar surface area (TPSA) is 12.4 Å². The van der Waals surface area contributed by atoms with Crippen molar-refractivity contribution in [1.29, 1.82) is 0 Å². The first-order chi connectivity index (χ1) is 6.97. The second kappa shape index (κ2) is 5.74. The molecular weight excluding hydrogens is 252 g/mol. The summed E-state index contributed by atoms with van der Waals surface area (Å²) >= 11 is 16.7. The lowest BCUT2D eigenvalue weighted by Crippen LogP contribution is -2.09. The minimum atomic E-state index is -1.40. The molecule has 0 fully saturated rings. The zero-order valence-electron chi connectivity index (χ0n) is 8.33. The van der Waals surface area contributed by atoms with Gasteiger partial charge in [-0.15, -0.1) is 0 Å². The van der Waals surface area contributed by atoms with Crippen molar-refractivity contribution in [3.05, 3.63) is 35.9 Å². The first kappa shape index (κ1) is 12.8. The summed E-state index contributed by atoms with van der Waals surface area (Å²) in [6.07, 6.45) is 2.20. The molecular formula is C11H12Cl3N. The van der Waals surface area contributed by atoms with Crippen LogP contribution in [0.4, 0.5) is 0 Å². The maximum Gasteiger partial charge on any atom is 0.225 e. The van der Waals surface area contributed by atoms with E-state index in [2.05, 4.69) is 17.1 Å². The second-order valence-corrected chi connectivity index (χ2v) is 5.73. The molecule has 1 aromatic carbocycles. The zero-order valence-corrected chi connectivity index (χ0v) is 10.6. The molecule has 0 amide bonds. The van der Waals surface area contributed by atoms with Crippen LogP contribution in [-0.2, 0) is 6.42 Å². The molecule has 0 aliphatic rings. The average molecular weight is 265 g/mol. The Kier molecular flexibility index (Phi) is 4.91. The minimum absolute atomic E-state index is 0.114. The van der Waals surface area contributed by atoms with Crippen LogP contribution in [0.1, 0.15) is 12.5 Å². The maximum absolute atomic E-state index is 5.56. The van der Waals surface area contributed by atoms with Gasteiger partial charge >= 0.3 is 0 Å². The number of rotatable bonds is 3. The fourth-order valence-electron chi connectivity index (χ4n) is 1.22. The second-order valence-electron chi connectivity index (χ2n) is 3.36. The highest BCUT2D eigenvalue weighted by atomic mass is 35.6. The summed E-state index contributed by atoms with van der Waals surface area (Å²) in [5.41, 5.74) is 1.23. The Labute approximate surface area is 105 Å². The van der Waals surface area contributed by atoms with Crippen molar-refractivity contribution >= 4 is 41.0 Å². The Morgan fingerprint density at radius 2 is 1.87 bits per heavy atom. The molecule has 1 atom stereocenters. The third kappa shape index (κ3) is 6.03. The van der Waals surface area contributed by atoms with Crippen molar-refractivity contribution in [1.82, 2.24) is 0 Å². The number of nitrogens with zero attached hydrogens (tertiary/aromatic N) is 1. The SMILES string of the molecule is C[C@H](Cc1ccccc1)N=CC(Cl)(Cl)Cl. The van der Waals surface area contributed by atoms with Crippen molar-refractivity contribution in [3.63, 3.8) is 0 Å². The van der Waals surface area contributed by atoms with Gasteiger partial charge < -0.3 is 0 Å². The molecule has 82 valence electrons. The van der Waals surface area contributed by atoms with E-state index >= 15 is 0 Å². The highest BCUT2D eigenvalue weighted by molar-refractivity contribution is 6.74. The van der Waals surface area contributed by atoms with Crippen LogP contribution in [0.25, 0.3) is 0 Å². The lowest BCUT2D eigenvalue weighted by molar-refractivity contribution is 0.742. The lowest BCUT2D eigenvalue weighted by atomic mass is 10.1. The number of benzene rings is 1. The van der Waals surface area contributed by atoms with E-state index in [4.69, 9.17) is 34.8 Å². The van der Waals surface area contributed by atoms with E-state index in [1.807, 2.05) is 25.1 Å². The molecule has 1 aromatic rings. The molecule has 0 bridgehead atoms. The average Bonchev–Trinajstić information content (AvgIpc) is 2.15. The summed E-state index contributed by atoms with van der Waals surface area (Å²) in [7, 11) is 0. The fraction of sp³-hybridized carbons (Fsp3) is 0.364. The molecule has 1 nitrogen and oxygen atoms in total. The van der Waals surface area contributed by atoms with E-state index in [1.54, 1.807) is 0 Å². The van der Waals surface area contributed by atoms with Crippen LogP contribution in [-0.4, -0.2) is 16.0 Å². The first-order valence-corrected chi connectivity index (χ1v) is 5.76. The molecule has 15 heavy (non-hydrogen) atoms. The van der Waals surface area contributed by atoms with Gasteiger partial charge in [0, 0.05) is 0 Å². The summed E-state index contributed by atoms with van der Waals surface area (Å²) in [5, 5.41) is 0. The monoisotopic (exact) mass is 263 g/mol. The summed E-state index contributed by atoms with van der Waals surface area (Å²) in [4.78, 5) is 4.17. The van der Waals surface area contributed by atoms with Gasteiger partial charge in [0.15, 0.2) is 0 Å². The first-order valence-electron chi connectivity index (χ1n) is 4.62. The Morgan fingerprint density at radius 3 is 2.40 bits per heavy atom. The van der Waals surface area contributed by atoms with Gasteiger partial charge in [-0.2, -0.15) is 0 Å². The van der Waals surface area contributed by atoms with E-state index in [9.17, 15) is 0 Å². The van der Waals surface area contributed by atoms with Crippen LogP contribution < -0.4 is 0 Å². The standard InChI is InChI=1S/C11H12Cl3N/c1-9(15-8-11(12,13)14)7-10-5-3-2-4-6-10/h2-6,8-9H,7H2,1H3/t9-/m1/s1. The zero-order chi connectivity index (χ0) is 11.3. The summed E-state index contributed by atoms with van der Waals surface area (Å²) < 4.78 is -1.40. The lowest BCUT2D eigenvalue weighted by Gasteiger charge is -2.08. The largest absolute Gasteiger partial charge is 0.290 e. The molecule has 0 radical (unpaired) electrons. The third-order valence-electron chi connectivity index (χ3n) is 1.85. The normalized spacial score (nSPS) is 14.4. The number of aliphatic imine (C=N–C) groups is 1. The summed E-state index contributed by atoms with van der Waals surface area (Å²) in [6.45, 7) is 1.99. The number of hydrogen-bond donors (Lipinski definition) is 0. The molecule has 1 rings (SSSR count). The van der Waals surface area contributed by atoms with E-state index in [0.29, 0.717) is 0 Å². The van der Waals surface area contributed by atoms with Gasteiger partial charge in [0.2, 0.25) is 3.79 Å². The van der Waals surface area contributed by atoms with Gasteiger partial charge in [-0.25, -0.2) is 0 Å². The predicted octanol–water partition coefficient (Wildman–Crippen LogP) is 4.06. The fourth-order valence-corrected chi connectivity index (χ4v) is 1.39. The molecule has 0 N–H and O–H groups in total. The number of halogens is 3. The molecule has 0 saturated heterocycles. The molecule has 0 spiro atoms. The van der Waals surface area contributed by atoms with Crippen LogP contribution in [0, 0.1) is 0 Å². The number of alkyl halides is 3. The van der Waals surface area contributed by atoms with Crippen molar-refractivity contribution < 1.29 is 0 Å². The Bertz CT molecular complexity index is 316. The van der Waals surface area contributed by atoms with Gasteiger partial charge in [0.25, 0.3) is 0 Å². The van der Waals surface area contributed by atoms with E-state index in [1.165, 1.54) is 11.8 Å². The van der Waals surface area contributed by atoms with Gasteiger partial charge in [-0.1, -0.05) is 65.1 Å². The minimum Gasteiger partial charge on any atom is -0.290 e. The number of hydrogen-bond acceptors (Lipinski definition) is 1. The Morgan fingerprint density at radius 1 is 1.27 bits per heavy atom. The summed E-state index contributed by atoms with van der Waals surface area (Å²) in [5.74, 6) is 0. The van der Waals surface area contributed by atoms with Crippen LogP contribution in [0.5, 0.6) is 0 Å². The van der Waals surface area contributed by atoms with Crippen molar-refractivity contribution in [3.8, 4) is 0 Å². The highest BCUT2D eigenvalue weighted by Crippen LogP contribution is 2.23. The van der Waals surface area contributed by atoms with Crippen LogP contribution in [0.3, 0.4) is 0 Å². The van der Waals surface area contributed by atoms with Gasteiger partial charge in [-0.3, -0.25) is 4.99 Å². The quantitative estimate of drug-likeness (QED) is 0.577. The molecule has 0 heterocycles. The molecule has 0 aromatic heterocycles. The van der Waals surface area contributed by atoms with Crippen molar-refractivity contribution in [2.45, 2.75) is 23.2 Å². The smallest absolute Gasteiger partial charge is 0.225 e. The highest BCUT2D eigenvalue weighted by Gasteiger charge is 2.15. The molecule has 0 saturated carbocycles. The van der Waals surface area contributed by atoms with Crippen LogP contribution >= 0.6 is 34.8 Å². The molecule has 0 aliphatic heterocycles. The maximum atomic E-state index is 5.56. The van der Waals surface area contributed by atoms with E-state index in [0.717, 1.165) is 6.42 Å². The Balaban J connectivity index is 2.50. The summed E-state index contributed by atoms with van der Waals surface area (Å²) in [6, 6.07) is 10.2. The van der Waals surface area contributed by atoms with Crippen molar-refractivity contribution in [2.75, 3.05) is 0 Å². The van der Waals surface area contributed by atoms with Gasteiger partial charge in [-0.05, 0) is 18.9 Å². The molecule has 4 heteroatoms. The predicted molar refractivity (Wildman–Crippen MR) is 68.4 cm³/mol. The van der Waals surface area contributed by atoms with E-state index in [-0.39, 0.29) is 6.04 Å². The van der Waals surface area contributed by atoms with Crippen molar-refractivity contribution in [2.24, 2.45) is 4.99 Å².